The summed E-state index contributed by atoms with van der Waals surface area (Å²) in [7, 11) is 1.60. The predicted molar refractivity (Wildman–Crippen MR) is 56.6 cm³/mol. The number of hydrogen-bond acceptors (Lipinski definition) is 4. The minimum absolute atomic E-state index is 0.586. The van der Waals surface area contributed by atoms with Gasteiger partial charge in [0.15, 0.2) is 0 Å². The van der Waals surface area contributed by atoms with Crippen molar-refractivity contribution in [3.05, 3.63) is 24.5 Å². The fourth-order valence-electron chi connectivity index (χ4n) is 1.00. The third-order valence-corrected chi connectivity index (χ3v) is 1.70. The van der Waals surface area contributed by atoms with E-state index in [1.807, 2.05) is 6.92 Å². The fourth-order valence-corrected chi connectivity index (χ4v) is 1.00. The van der Waals surface area contributed by atoms with Crippen LogP contribution in [0.15, 0.2) is 18.7 Å². The molecule has 1 aromatic rings. The highest BCUT2D eigenvalue weighted by Gasteiger charge is 2.01. The molecule has 0 spiro atoms. The smallest absolute Gasteiger partial charge is 0.218 e. The highest BCUT2D eigenvalue weighted by Crippen LogP contribution is 2.12. The molecule has 0 radical (unpaired) electrons. The number of anilines is 1. The second kappa shape index (κ2) is 5.21. The molecule has 0 unspecified atom stereocenters. The number of aromatic nitrogens is 2. The lowest BCUT2D eigenvalue weighted by atomic mass is 10.4. The van der Waals surface area contributed by atoms with Gasteiger partial charge in [0.2, 0.25) is 5.88 Å². The van der Waals surface area contributed by atoms with Gasteiger partial charge in [-0.15, -0.1) is 6.58 Å². The number of nitrogens with zero attached hydrogens (tertiary/aromatic N) is 2. The molecule has 14 heavy (non-hydrogen) atoms. The van der Waals surface area contributed by atoms with Crippen LogP contribution in [0, 0.1) is 0 Å². The van der Waals surface area contributed by atoms with Crippen LogP contribution in [0.2, 0.25) is 0 Å². The molecule has 1 aromatic heterocycles. The molecule has 0 atom stereocenters. The fraction of sp³-hybridized carbons (Fsp3) is 0.400. The quantitative estimate of drug-likeness (QED) is 0.722. The first-order chi connectivity index (χ1) is 6.80. The Kier molecular flexibility index (Phi) is 3.91. The minimum atomic E-state index is 0.586. The van der Waals surface area contributed by atoms with E-state index in [1.54, 1.807) is 19.3 Å². The van der Waals surface area contributed by atoms with Crippen molar-refractivity contribution in [1.29, 1.82) is 0 Å². The van der Waals surface area contributed by atoms with E-state index in [4.69, 9.17) is 4.74 Å². The molecule has 0 aliphatic rings. The zero-order chi connectivity index (χ0) is 10.4. The van der Waals surface area contributed by atoms with Gasteiger partial charge in [-0.05, 0) is 0 Å². The topological polar surface area (TPSA) is 47.0 Å². The van der Waals surface area contributed by atoms with Gasteiger partial charge in [0.1, 0.15) is 11.6 Å². The number of nitrogens with one attached hydrogen (secondary N) is 1. The summed E-state index contributed by atoms with van der Waals surface area (Å²) in [4.78, 5) is 8.47. The number of methoxy groups -OCH3 is 1. The van der Waals surface area contributed by atoms with E-state index in [1.165, 1.54) is 0 Å². The Bertz CT molecular complexity index is 290. The molecule has 76 valence electrons. The number of hydrogen-bond donors (Lipinski definition) is 1. The molecule has 0 aromatic carbocycles. The van der Waals surface area contributed by atoms with Crippen molar-refractivity contribution < 1.29 is 4.74 Å². The molecule has 1 rings (SSSR count). The zero-order valence-corrected chi connectivity index (χ0v) is 8.58. The third kappa shape index (κ3) is 2.73. The third-order valence-electron chi connectivity index (χ3n) is 1.70. The summed E-state index contributed by atoms with van der Waals surface area (Å²) >= 11 is 0. The molecule has 0 saturated heterocycles. The van der Waals surface area contributed by atoms with E-state index < -0.39 is 0 Å². The van der Waals surface area contributed by atoms with Crippen LogP contribution in [0.25, 0.3) is 0 Å². The zero-order valence-electron chi connectivity index (χ0n) is 8.58. The average Bonchev–Trinajstić information content (AvgIpc) is 2.25. The van der Waals surface area contributed by atoms with E-state index in [-0.39, 0.29) is 0 Å². The Morgan fingerprint density at radius 3 is 2.93 bits per heavy atom. The SMILES string of the molecule is C=CCNc1cc(OC)nc(CC)n1. The van der Waals surface area contributed by atoms with Crippen LogP contribution in [0.1, 0.15) is 12.7 Å². The maximum Gasteiger partial charge on any atom is 0.218 e. The van der Waals surface area contributed by atoms with Crippen molar-refractivity contribution in [3.63, 3.8) is 0 Å². The van der Waals surface area contributed by atoms with Crippen LogP contribution in [0.4, 0.5) is 5.82 Å². The molecule has 0 saturated carbocycles. The highest BCUT2D eigenvalue weighted by molar-refractivity contribution is 5.38. The molecule has 4 nitrogen and oxygen atoms in total. The molecule has 0 bridgehead atoms. The van der Waals surface area contributed by atoms with Gasteiger partial charge in [-0.2, -0.15) is 4.98 Å². The summed E-state index contributed by atoms with van der Waals surface area (Å²) in [6, 6.07) is 1.77. The van der Waals surface area contributed by atoms with Crippen molar-refractivity contribution in [2.75, 3.05) is 19.0 Å². The van der Waals surface area contributed by atoms with Gasteiger partial charge in [0.25, 0.3) is 0 Å². The van der Waals surface area contributed by atoms with Crippen molar-refractivity contribution in [2.45, 2.75) is 13.3 Å². The van der Waals surface area contributed by atoms with Crippen molar-refractivity contribution in [2.24, 2.45) is 0 Å². The van der Waals surface area contributed by atoms with Crippen LogP contribution in [-0.4, -0.2) is 23.6 Å². The first-order valence-electron chi connectivity index (χ1n) is 4.56. The van der Waals surface area contributed by atoms with Crippen LogP contribution in [0.3, 0.4) is 0 Å². The Hall–Kier alpha value is -1.58. The Labute approximate surface area is 84.0 Å². The van der Waals surface area contributed by atoms with Gasteiger partial charge < -0.3 is 10.1 Å². The summed E-state index contributed by atoms with van der Waals surface area (Å²) in [5, 5.41) is 3.09. The largest absolute Gasteiger partial charge is 0.481 e. The second-order valence-corrected chi connectivity index (χ2v) is 2.73. The number of rotatable bonds is 5. The van der Waals surface area contributed by atoms with Crippen LogP contribution < -0.4 is 10.1 Å². The van der Waals surface area contributed by atoms with E-state index in [2.05, 4.69) is 21.9 Å². The monoisotopic (exact) mass is 193 g/mol. The van der Waals surface area contributed by atoms with Crippen molar-refractivity contribution in [1.82, 2.24) is 9.97 Å². The number of ether oxygens (including phenoxy) is 1. The average molecular weight is 193 g/mol. The molecule has 0 amide bonds. The van der Waals surface area contributed by atoms with E-state index >= 15 is 0 Å². The molecule has 0 aliphatic carbocycles. The normalized spacial score (nSPS) is 9.57. The predicted octanol–water partition coefficient (Wildman–Crippen LogP) is 1.65. The van der Waals surface area contributed by atoms with Crippen molar-refractivity contribution >= 4 is 5.82 Å². The number of aryl methyl sites for hydroxylation is 1. The molecule has 1 N–H and O–H groups in total. The summed E-state index contributed by atoms with van der Waals surface area (Å²) in [5.74, 6) is 2.13. The molecule has 1 heterocycles. The summed E-state index contributed by atoms with van der Waals surface area (Å²) in [6.45, 7) is 6.31. The first-order valence-corrected chi connectivity index (χ1v) is 4.56. The van der Waals surface area contributed by atoms with E-state index in [0.29, 0.717) is 12.4 Å². The first kappa shape index (κ1) is 10.5. The van der Waals surface area contributed by atoms with E-state index in [9.17, 15) is 0 Å². The second-order valence-electron chi connectivity index (χ2n) is 2.73. The Morgan fingerprint density at radius 2 is 2.36 bits per heavy atom. The van der Waals surface area contributed by atoms with Gasteiger partial charge in [0.05, 0.1) is 7.11 Å². The summed E-state index contributed by atoms with van der Waals surface area (Å²) < 4.78 is 5.06. The van der Waals surface area contributed by atoms with Crippen molar-refractivity contribution in [3.8, 4) is 5.88 Å². The summed E-state index contributed by atoms with van der Waals surface area (Å²) in [5.41, 5.74) is 0. The van der Waals surface area contributed by atoms with Gasteiger partial charge in [-0.1, -0.05) is 13.0 Å². The lowest BCUT2D eigenvalue weighted by molar-refractivity contribution is 0.395. The molecular weight excluding hydrogens is 178 g/mol. The van der Waals surface area contributed by atoms with Crippen LogP contribution in [0.5, 0.6) is 5.88 Å². The Morgan fingerprint density at radius 1 is 1.57 bits per heavy atom. The standard InChI is InChI=1S/C10H15N3O/c1-4-6-11-9-7-10(14-3)13-8(5-2)12-9/h4,7H,1,5-6H2,2-3H3,(H,11,12,13). The van der Waals surface area contributed by atoms with Gasteiger partial charge in [-0.25, -0.2) is 4.98 Å². The molecular formula is C10H15N3O. The lowest BCUT2D eigenvalue weighted by Crippen LogP contribution is -2.04. The maximum atomic E-state index is 5.06. The maximum absolute atomic E-state index is 5.06. The summed E-state index contributed by atoms with van der Waals surface area (Å²) in [6.07, 6.45) is 2.57. The van der Waals surface area contributed by atoms with Crippen LogP contribution >= 0.6 is 0 Å². The molecule has 0 fully saturated rings. The Balaban J connectivity index is 2.86. The lowest BCUT2D eigenvalue weighted by Gasteiger charge is -2.06. The molecule has 4 heteroatoms. The molecule has 0 aliphatic heterocycles. The van der Waals surface area contributed by atoms with Gasteiger partial charge in [0, 0.05) is 19.0 Å². The van der Waals surface area contributed by atoms with Gasteiger partial charge in [-0.3, -0.25) is 0 Å². The van der Waals surface area contributed by atoms with Crippen LogP contribution in [-0.2, 0) is 6.42 Å². The van der Waals surface area contributed by atoms with E-state index in [0.717, 1.165) is 18.1 Å². The minimum Gasteiger partial charge on any atom is -0.481 e. The highest BCUT2D eigenvalue weighted by atomic mass is 16.5. The van der Waals surface area contributed by atoms with Gasteiger partial charge >= 0.3 is 0 Å².